The van der Waals surface area contributed by atoms with Gasteiger partial charge in [0.1, 0.15) is 5.69 Å². The Hall–Kier alpha value is -2.17. The highest BCUT2D eigenvalue weighted by Gasteiger charge is 2.32. The Morgan fingerprint density at radius 3 is 2.77 bits per heavy atom. The van der Waals surface area contributed by atoms with Gasteiger partial charge in [0.2, 0.25) is 0 Å². The molecule has 1 unspecified atom stereocenters. The van der Waals surface area contributed by atoms with Gasteiger partial charge in [-0.3, -0.25) is 14.5 Å². The van der Waals surface area contributed by atoms with Crippen LogP contribution in [0.5, 0.6) is 0 Å². The van der Waals surface area contributed by atoms with Crippen molar-refractivity contribution in [3.8, 4) is 0 Å². The second-order valence-electron chi connectivity index (χ2n) is 6.24. The summed E-state index contributed by atoms with van der Waals surface area (Å²) in [6, 6.07) is 8.27. The average molecular weight is 296 g/mol. The van der Waals surface area contributed by atoms with E-state index < -0.39 is 0 Å². The van der Waals surface area contributed by atoms with Gasteiger partial charge in [0.25, 0.3) is 5.91 Å². The molecule has 2 aliphatic rings. The van der Waals surface area contributed by atoms with Crippen LogP contribution in [0.2, 0.25) is 0 Å². The lowest BCUT2D eigenvalue weighted by Gasteiger charge is -2.28. The largest absolute Gasteiger partial charge is 0.337 e. The minimum absolute atomic E-state index is 0.114. The van der Waals surface area contributed by atoms with Crippen molar-refractivity contribution in [2.75, 3.05) is 13.1 Å². The summed E-state index contributed by atoms with van der Waals surface area (Å²) in [6.07, 6.45) is 8.07. The molecule has 5 heteroatoms. The SMILES string of the molecule is O=C(c1ccnn1C1CCC1)N1CCC(c2ccccn2)C1. The molecular formula is C17H20N4O. The van der Waals surface area contributed by atoms with Crippen LogP contribution < -0.4 is 0 Å². The highest BCUT2D eigenvalue weighted by atomic mass is 16.2. The van der Waals surface area contributed by atoms with Crippen LogP contribution in [0.3, 0.4) is 0 Å². The number of carbonyl (C=O) groups is 1. The van der Waals surface area contributed by atoms with E-state index >= 15 is 0 Å². The van der Waals surface area contributed by atoms with E-state index in [0.717, 1.165) is 43.7 Å². The first-order valence-electron chi connectivity index (χ1n) is 8.06. The number of amides is 1. The van der Waals surface area contributed by atoms with Crippen LogP contribution in [0.4, 0.5) is 0 Å². The molecule has 0 radical (unpaired) electrons. The first-order valence-corrected chi connectivity index (χ1v) is 8.06. The summed E-state index contributed by atoms with van der Waals surface area (Å²) in [4.78, 5) is 19.2. The smallest absolute Gasteiger partial charge is 0.272 e. The molecule has 2 aromatic rings. The van der Waals surface area contributed by atoms with Gasteiger partial charge in [-0.1, -0.05) is 6.07 Å². The summed E-state index contributed by atoms with van der Waals surface area (Å²) in [6.45, 7) is 1.56. The highest BCUT2D eigenvalue weighted by molar-refractivity contribution is 5.92. The number of hydrogen-bond acceptors (Lipinski definition) is 3. The van der Waals surface area contributed by atoms with Crippen LogP contribution in [0.25, 0.3) is 0 Å². The van der Waals surface area contributed by atoms with Gasteiger partial charge in [0, 0.05) is 37.1 Å². The van der Waals surface area contributed by atoms with Crippen molar-refractivity contribution in [3.05, 3.63) is 48.0 Å². The second kappa shape index (κ2) is 5.55. The average Bonchev–Trinajstić information content (AvgIpc) is 3.15. The monoisotopic (exact) mass is 296 g/mol. The quantitative estimate of drug-likeness (QED) is 0.875. The molecule has 1 saturated heterocycles. The molecule has 1 saturated carbocycles. The minimum Gasteiger partial charge on any atom is -0.337 e. The second-order valence-corrected chi connectivity index (χ2v) is 6.24. The van der Waals surface area contributed by atoms with Crippen molar-refractivity contribution < 1.29 is 4.79 Å². The van der Waals surface area contributed by atoms with Gasteiger partial charge >= 0.3 is 0 Å². The summed E-state index contributed by atoms with van der Waals surface area (Å²) < 4.78 is 1.93. The molecule has 2 aromatic heterocycles. The highest BCUT2D eigenvalue weighted by Crippen LogP contribution is 2.33. The molecule has 4 rings (SSSR count). The van der Waals surface area contributed by atoms with Crippen LogP contribution in [-0.2, 0) is 0 Å². The molecule has 5 nitrogen and oxygen atoms in total. The van der Waals surface area contributed by atoms with Crippen molar-refractivity contribution in [1.82, 2.24) is 19.7 Å². The predicted octanol–water partition coefficient (Wildman–Crippen LogP) is 2.63. The number of carbonyl (C=O) groups excluding carboxylic acids is 1. The third-order valence-electron chi connectivity index (χ3n) is 4.89. The van der Waals surface area contributed by atoms with Crippen LogP contribution in [0.15, 0.2) is 36.7 Å². The van der Waals surface area contributed by atoms with Gasteiger partial charge in [-0.15, -0.1) is 0 Å². The van der Waals surface area contributed by atoms with Gasteiger partial charge < -0.3 is 4.90 Å². The molecule has 2 fully saturated rings. The van der Waals surface area contributed by atoms with Gasteiger partial charge in [-0.25, -0.2) is 0 Å². The fourth-order valence-electron chi connectivity index (χ4n) is 3.37. The van der Waals surface area contributed by atoms with Gasteiger partial charge in [-0.2, -0.15) is 5.10 Å². The summed E-state index contributed by atoms with van der Waals surface area (Å²) in [7, 11) is 0. The molecule has 0 N–H and O–H groups in total. The van der Waals surface area contributed by atoms with Crippen molar-refractivity contribution >= 4 is 5.91 Å². The Labute approximate surface area is 130 Å². The third kappa shape index (κ3) is 2.30. The van der Waals surface area contributed by atoms with E-state index in [-0.39, 0.29) is 5.91 Å². The van der Waals surface area contributed by atoms with E-state index in [9.17, 15) is 4.79 Å². The zero-order valence-corrected chi connectivity index (χ0v) is 12.6. The topological polar surface area (TPSA) is 51.0 Å². The Bertz CT molecular complexity index is 662. The fraction of sp³-hybridized carbons (Fsp3) is 0.471. The molecule has 1 amide bonds. The molecule has 1 aliphatic heterocycles. The number of hydrogen-bond donors (Lipinski definition) is 0. The molecule has 3 heterocycles. The van der Waals surface area contributed by atoms with Gasteiger partial charge in [0.05, 0.1) is 6.04 Å². The maximum absolute atomic E-state index is 12.8. The minimum atomic E-state index is 0.114. The number of nitrogens with zero attached hydrogens (tertiary/aromatic N) is 4. The van der Waals surface area contributed by atoms with Crippen LogP contribution in [0, 0.1) is 0 Å². The normalized spacial score (nSPS) is 21.8. The zero-order valence-electron chi connectivity index (χ0n) is 12.6. The standard InChI is InChI=1S/C17H20N4O/c22-17(16-7-10-19-21(16)14-4-3-5-14)20-11-8-13(12-20)15-6-1-2-9-18-15/h1-2,6-7,9-10,13-14H,3-5,8,11-12H2. The first kappa shape index (κ1) is 13.5. The van der Waals surface area contributed by atoms with Crippen molar-refractivity contribution in [1.29, 1.82) is 0 Å². The number of rotatable bonds is 3. The van der Waals surface area contributed by atoms with E-state index in [4.69, 9.17) is 0 Å². The van der Waals surface area contributed by atoms with Crippen molar-refractivity contribution in [3.63, 3.8) is 0 Å². The molecule has 0 bridgehead atoms. The molecule has 1 atom stereocenters. The predicted molar refractivity (Wildman–Crippen MR) is 82.6 cm³/mol. The molecule has 22 heavy (non-hydrogen) atoms. The number of likely N-dealkylation sites (tertiary alicyclic amines) is 1. The first-order chi connectivity index (χ1) is 10.8. The Morgan fingerprint density at radius 1 is 1.14 bits per heavy atom. The Morgan fingerprint density at radius 2 is 2.05 bits per heavy atom. The summed E-state index contributed by atoms with van der Waals surface area (Å²) in [5.41, 5.74) is 1.83. The van der Waals surface area contributed by atoms with Crippen LogP contribution >= 0.6 is 0 Å². The van der Waals surface area contributed by atoms with Crippen LogP contribution in [-0.4, -0.2) is 38.7 Å². The lowest BCUT2D eigenvalue weighted by molar-refractivity contribution is 0.0770. The van der Waals surface area contributed by atoms with Crippen molar-refractivity contribution in [2.24, 2.45) is 0 Å². The summed E-state index contributed by atoms with van der Waals surface area (Å²) in [5, 5.41) is 4.36. The van der Waals surface area contributed by atoms with E-state index in [0.29, 0.717) is 12.0 Å². The van der Waals surface area contributed by atoms with E-state index in [2.05, 4.69) is 16.1 Å². The Balaban J connectivity index is 1.49. The third-order valence-corrected chi connectivity index (χ3v) is 4.89. The zero-order chi connectivity index (χ0) is 14.9. The molecular weight excluding hydrogens is 276 g/mol. The van der Waals surface area contributed by atoms with Gasteiger partial charge in [0.15, 0.2) is 0 Å². The van der Waals surface area contributed by atoms with E-state index in [1.807, 2.05) is 34.0 Å². The molecule has 0 aromatic carbocycles. The van der Waals surface area contributed by atoms with Gasteiger partial charge in [-0.05, 0) is 43.9 Å². The maximum Gasteiger partial charge on any atom is 0.272 e. The maximum atomic E-state index is 12.8. The molecule has 114 valence electrons. The van der Waals surface area contributed by atoms with Crippen molar-refractivity contribution in [2.45, 2.75) is 37.6 Å². The Kier molecular flexibility index (Phi) is 3.41. The fourth-order valence-corrected chi connectivity index (χ4v) is 3.37. The lowest BCUT2D eigenvalue weighted by atomic mass is 9.93. The molecule has 1 aliphatic carbocycles. The lowest BCUT2D eigenvalue weighted by Crippen LogP contribution is -2.32. The summed E-state index contributed by atoms with van der Waals surface area (Å²) >= 11 is 0. The number of pyridine rings is 1. The van der Waals surface area contributed by atoms with E-state index in [1.54, 1.807) is 6.20 Å². The molecule has 0 spiro atoms. The number of aromatic nitrogens is 3. The van der Waals surface area contributed by atoms with Crippen LogP contribution in [0.1, 0.15) is 53.8 Å². The summed E-state index contributed by atoms with van der Waals surface area (Å²) in [5.74, 6) is 0.466. The van der Waals surface area contributed by atoms with E-state index in [1.165, 1.54) is 6.42 Å².